The molecular formula is C30H33NO. The van der Waals surface area contributed by atoms with Crippen LogP contribution in [0, 0.1) is 24.2 Å². The molecule has 1 fully saturated rings. The summed E-state index contributed by atoms with van der Waals surface area (Å²) in [5, 5.41) is 9.01. The van der Waals surface area contributed by atoms with Crippen LogP contribution in [0.5, 0.6) is 0 Å². The van der Waals surface area contributed by atoms with E-state index < -0.39 is 0 Å². The Morgan fingerprint density at radius 1 is 1.03 bits per heavy atom. The van der Waals surface area contributed by atoms with Crippen LogP contribution in [0.1, 0.15) is 97.3 Å². The number of Topliss-reactive ketones (excluding diaryl/α,β-unsaturated/α-hetero) is 1. The van der Waals surface area contributed by atoms with Crippen LogP contribution >= 0.6 is 0 Å². The summed E-state index contributed by atoms with van der Waals surface area (Å²) in [6, 6.07) is 16.5. The standard InChI is InChI=1S/C30H33NO/c1-4-5-23-16-21(3)28(17-23)29-18-27(9-6-20(29)2)30(32)26-14-12-25(13-15-26)24-10-7-22(19-31)8-11-24/h6-11,16,18,25-26H,4-5,12-15,17H2,1-3H3. The van der Waals surface area contributed by atoms with Gasteiger partial charge in [0.15, 0.2) is 5.78 Å². The quantitative estimate of drug-likeness (QED) is 0.443. The van der Waals surface area contributed by atoms with E-state index in [1.807, 2.05) is 18.2 Å². The fourth-order valence-corrected chi connectivity index (χ4v) is 5.45. The molecule has 2 aliphatic rings. The van der Waals surface area contributed by atoms with Gasteiger partial charge in [-0.3, -0.25) is 4.79 Å². The van der Waals surface area contributed by atoms with Crippen molar-refractivity contribution in [2.24, 2.45) is 5.92 Å². The van der Waals surface area contributed by atoms with Gasteiger partial charge < -0.3 is 0 Å². The summed E-state index contributed by atoms with van der Waals surface area (Å²) in [4.78, 5) is 13.4. The summed E-state index contributed by atoms with van der Waals surface area (Å²) in [6.07, 6.45) is 9.65. The first kappa shape index (κ1) is 22.3. The van der Waals surface area contributed by atoms with E-state index in [1.54, 1.807) is 0 Å². The molecule has 1 saturated carbocycles. The molecule has 0 saturated heterocycles. The van der Waals surface area contributed by atoms with Gasteiger partial charge in [0.1, 0.15) is 0 Å². The third-order valence-corrected chi connectivity index (χ3v) is 7.33. The molecule has 32 heavy (non-hydrogen) atoms. The zero-order chi connectivity index (χ0) is 22.7. The molecule has 0 aromatic heterocycles. The minimum Gasteiger partial charge on any atom is -0.294 e. The molecule has 2 heteroatoms. The average Bonchev–Trinajstić information content (AvgIpc) is 3.19. The molecule has 0 unspecified atom stereocenters. The van der Waals surface area contributed by atoms with Crippen molar-refractivity contribution >= 4 is 11.4 Å². The molecular weight excluding hydrogens is 390 g/mol. The Balaban J connectivity index is 1.45. The number of rotatable bonds is 6. The molecule has 164 valence electrons. The monoisotopic (exact) mass is 423 g/mol. The molecule has 0 atom stereocenters. The van der Waals surface area contributed by atoms with E-state index in [0.29, 0.717) is 17.3 Å². The molecule has 0 bridgehead atoms. The number of nitriles is 1. The Hall–Kier alpha value is -2.92. The van der Waals surface area contributed by atoms with Crippen molar-refractivity contribution in [3.05, 3.63) is 87.5 Å². The molecule has 4 rings (SSSR count). The lowest BCUT2D eigenvalue weighted by molar-refractivity contribution is 0.0884. The second-order valence-corrected chi connectivity index (χ2v) is 9.57. The van der Waals surface area contributed by atoms with Crippen LogP contribution in [-0.4, -0.2) is 5.78 Å². The molecule has 0 N–H and O–H groups in total. The summed E-state index contributed by atoms with van der Waals surface area (Å²) in [7, 11) is 0. The first-order valence-electron chi connectivity index (χ1n) is 12.0. The van der Waals surface area contributed by atoms with E-state index >= 15 is 0 Å². The van der Waals surface area contributed by atoms with Crippen molar-refractivity contribution < 1.29 is 4.79 Å². The highest BCUT2D eigenvalue weighted by atomic mass is 16.1. The Kier molecular flexibility index (Phi) is 6.75. The number of hydrogen-bond donors (Lipinski definition) is 0. The van der Waals surface area contributed by atoms with Crippen LogP contribution in [0.15, 0.2) is 59.7 Å². The van der Waals surface area contributed by atoms with Crippen LogP contribution in [0.2, 0.25) is 0 Å². The molecule has 0 heterocycles. The van der Waals surface area contributed by atoms with Gasteiger partial charge in [-0.1, -0.05) is 49.3 Å². The summed E-state index contributed by atoms with van der Waals surface area (Å²) < 4.78 is 0. The van der Waals surface area contributed by atoms with Gasteiger partial charge in [0.05, 0.1) is 11.6 Å². The first-order valence-corrected chi connectivity index (χ1v) is 12.0. The molecule has 2 aliphatic carbocycles. The second kappa shape index (κ2) is 9.70. The zero-order valence-electron chi connectivity index (χ0n) is 19.6. The van der Waals surface area contributed by atoms with Crippen molar-refractivity contribution in [3.63, 3.8) is 0 Å². The minimum atomic E-state index is 0.118. The Labute approximate surface area is 192 Å². The fourth-order valence-electron chi connectivity index (χ4n) is 5.45. The van der Waals surface area contributed by atoms with Crippen molar-refractivity contribution in [1.82, 2.24) is 0 Å². The number of aryl methyl sites for hydroxylation is 1. The highest BCUT2D eigenvalue weighted by Gasteiger charge is 2.28. The van der Waals surface area contributed by atoms with Gasteiger partial charge in [0.2, 0.25) is 0 Å². The van der Waals surface area contributed by atoms with Gasteiger partial charge in [-0.2, -0.15) is 5.26 Å². The predicted molar refractivity (Wildman–Crippen MR) is 132 cm³/mol. The highest BCUT2D eigenvalue weighted by Crippen LogP contribution is 2.39. The third-order valence-electron chi connectivity index (χ3n) is 7.33. The van der Waals surface area contributed by atoms with Gasteiger partial charge in [0, 0.05) is 11.5 Å². The average molecular weight is 424 g/mol. The van der Waals surface area contributed by atoms with E-state index in [1.165, 1.54) is 39.8 Å². The molecule has 0 amide bonds. The van der Waals surface area contributed by atoms with E-state index in [-0.39, 0.29) is 5.92 Å². The van der Waals surface area contributed by atoms with Gasteiger partial charge in [0.25, 0.3) is 0 Å². The number of carbonyl (C=O) groups is 1. The minimum absolute atomic E-state index is 0.118. The van der Waals surface area contributed by atoms with Gasteiger partial charge >= 0.3 is 0 Å². The number of allylic oxidation sites excluding steroid dienone is 4. The van der Waals surface area contributed by atoms with E-state index in [2.05, 4.69) is 57.2 Å². The third kappa shape index (κ3) is 4.63. The van der Waals surface area contributed by atoms with Gasteiger partial charge in [-0.25, -0.2) is 0 Å². The van der Waals surface area contributed by atoms with Gasteiger partial charge in [-0.15, -0.1) is 0 Å². The number of benzene rings is 2. The molecule has 0 radical (unpaired) electrons. The van der Waals surface area contributed by atoms with Crippen LogP contribution in [0.3, 0.4) is 0 Å². The van der Waals surface area contributed by atoms with Crippen LogP contribution in [0.25, 0.3) is 5.57 Å². The van der Waals surface area contributed by atoms with E-state index in [9.17, 15) is 4.79 Å². The SMILES string of the molecule is CCCC1=CC(C)=C(c2cc(C(=O)C3CCC(c4ccc(C#N)cc4)CC3)ccc2C)C1. The molecule has 2 nitrogen and oxygen atoms in total. The lowest BCUT2D eigenvalue weighted by Gasteiger charge is -2.28. The smallest absolute Gasteiger partial charge is 0.165 e. The maximum Gasteiger partial charge on any atom is 0.165 e. The second-order valence-electron chi connectivity index (χ2n) is 9.57. The zero-order valence-corrected chi connectivity index (χ0v) is 19.6. The Morgan fingerprint density at radius 3 is 2.41 bits per heavy atom. The highest BCUT2D eigenvalue weighted by molar-refractivity contribution is 5.99. The summed E-state index contributed by atoms with van der Waals surface area (Å²) in [5.74, 6) is 0.921. The van der Waals surface area contributed by atoms with Crippen LogP contribution < -0.4 is 0 Å². The number of ketones is 1. The summed E-state index contributed by atoms with van der Waals surface area (Å²) >= 11 is 0. The van der Waals surface area contributed by atoms with E-state index in [0.717, 1.165) is 44.1 Å². The first-order chi connectivity index (χ1) is 15.5. The van der Waals surface area contributed by atoms with Crippen LogP contribution in [-0.2, 0) is 0 Å². The fraction of sp³-hybridized carbons (Fsp3) is 0.400. The van der Waals surface area contributed by atoms with Crippen molar-refractivity contribution in [2.45, 2.75) is 71.6 Å². The number of nitrogens with zero attached hydrogens (tertiary/aromatic N) is 1. The van der Waals surface area contributed by atoms with Crippen molar-refractivity contribution in [2.75, 3.05) is 0 Å². The lowest BCUT2D eigenvalue weighted by Crippen LogP contribution is -2.21. The van der Waals surface area contributed by atoms with Crippen molar-refractivity contribution in [1.29, 1.82) is 5.26 Å². The van der Waals surface area contributed by atoms with E-state index in [4.69, 9.17) is 5.26 Å². The Bertz CT molecular complexity index is 1100. The predicted octanol–water partition coefficient (Wildman–Crippen LogP) is 7.93. The van der Waals surface area contributed by atoms with Gasteiger partial charge in [-0.05, 0) is 104 Å². The normalized spacial score (nSPS) is 20.8. The lowest BCUT2D eigenvalue weighted by atomic mass is 9.76. The number of hydrogen-bond acceptors (Lipinski definition) is 2. The topological polar surface area (TPSA) is 40.9 Å². The van der Waals surface area contributed by atoms with Crippen LogP contribution in [0.4, 0.5) is 0 Å². The molecule has 2 aromatic carbocycles. The maximum atomic E-state index is 13.4. The summed E-state index contributed by atoms with van der Waals surface area (Å²) in [6.45, 7) is 6.59. The largest absolute Gasteiger partial charge is 0.294 e. The molecule has 0 spiro atoms. The summed E-state index contributed by atoms with van der Waals surface area (Å²) in [5.41, 5.74) is 9.64. The number of carbonyl (C=O) groups excluding carboxylic acids is 1. The Morgan fingerprint density at radius 2 is 1.75 bits per heavy atom. The molecule has 0 aliphatic heterocycles. The molecule has 2 aromatic rings. The van der Waals surface area contributed by atoms with Crippen molar-refractivity contribution in [3.8, 4) is 6.07 Å². The maximum absolute atomic E-state index is 13.4.